The van der Waals surface area contributed by atoms with E-state index in [9.17, 15) is 22.8 Å². The number of urea groups is 1. The van der Waals surface area contributed by atoms with Crippen LogP contribution in [0.5, 0.6) is 0 Å². The lowest BCUT2D eigenvalue weighted by atomic mass is 10.1. The van der Waals surface area contributed by atoms with Crippen molar-refractivity contribution >= 4 is 17.6 Å². The van der Waals surface area contributed by atoms with Crippen LogP contribution in [0.4, 0.5) is 23.7 Å². The van der Waals surface area contributed by atoms with Gasteiger partial charge in [-0.1, -0.05) is 42.5 Å². The molecule has 9 heteroatoms. The Labute approximate surface area is 172 Å². The number of piperazine rings is 1. The van der Waals surface area contributed by atoms with Gasteiger partial charge in [-0.25, -0.2) is 4.79 Å². The number of alkyl halides is 3. The molecular weight excluding hydrogens is 397 g/mol. The fourth-order valence-electron chi connectivity index (χ4n) is 3.23. The molecular formula is C21H23F3N4O2. The van der Waals surface area contributed by atoms with E-state index in [1.807, 2.05) is 35.2 Å². The topological polar surface area (TPSA) is 64.7 Å². The van der Waals surface area contributed by atoms with E-state index < -0.39 is 17.6 Å². The molecule has 0 aliphatic carbocycles. The average molecular weight is 420 g/mol. The van der Waals surface area contributed by atoms with Gasteiger partial charge in [0.15, 0.2) is 0 Å². The molecule has 1 saturated heterocycles. The fraction of sp³-hybridized carbons (Fsp3) is 0.333. The predicted molar refractivity (Wildman–Crippen MR) is 107 cm³/mol. The zero-order valence-electron chi connectivity index (χ0n) is 16.3. The SMILES string of the molecule is O=C(CN1CCN(C(=O)NCc2ccccc2)CC1)Nc1ccccc1C(F)(F)F. The van der Waals surface area contributed by atoms with Crippen LogP contribution in [-0.2, 0) is 17.5 Å². The number of para-hydroxylation sites is 1. The first-order chi connectivity index (χ1) is 14.3. The summed E-state index contributed by atoms with van der Waals surface area (Å²) in [5.74, 6) is -0.520. The minimum atomic E-state index is -4.54. The van der Waals surface area contributed by atoms with E-state index >= 15 is 0 Å². The molecule has 30 heavy (non-hydrogen) atoms. The van der Waals surface area contributed by atoms with Gasteiger partial charge in [0, 0.05) is 32.7 Å². The van der Waals surface area contributed by atoms with Crippen molar-refractivity contribution in [3.05, 3.63) is 65.7 Å². The summed E-state index contributed by atoms with van der Waals surface area (Å²) in [4.78, 5) is 28.0. The van der Waals surface area contributed by atoms with Crippen molar-refractivity contribution in [1.29, 1.82) is 0 Å². The molecule has 0 radical (unpaired) electrons. The summed E-state index contributed by atoms with van der Waals surface area (Å²) in [5.41, 5.74) is -0.132. The van der Waals surface area contributed by atoms with E-state index in [4.69, 9.17) is 0 Å². The van der Waals surface area contributed by atoms with Gasteiger partial charge in [-0.2, -0.15) is 13.2 Å². The summed E-state index contributed by atoms with van der Waals surface area (Å²) >= 11 is 0. The van der Waals surface area contributed by atoms with Crippen molar-refractivity contribution in [2.45, 2.75) is 12.7 Å². The zero-order valence-corrected chi connectivity index (χ0v) is 16.3. The van der Waals surface area contributed by atoms with Gasteiger partial charge in [-0.15, -0.1) is 0 Å². The molecule has 0 atom stereocenters. The summed E-state index contributed by atoms with van der Waals surface area (Å²) < 4.78 is 39.1. The van der Waals surface area contributed by atoms with Crippen LogP contribution < -0.4 is 10.6 Å². The molecule has 1 heterocycles. The van der Waals surface area contributed by atoms with Crippen LogP contribution in [0.2, 0.25) is 0 Å². The van der Waals surface area contributed by atoms with Crippen LogP contribution >= 0.6 is 0 Å². The van der Waals surface area contributed by atoms with Crippen molar-refractivity contribution in [3.8, 4) is 0 Å². The number of halogens is 3. The van der Waals surface area contributed by atoms with E-state index in [2.05, 4.69) is 10.6 Å². The third kappa shape index (κ3) is 5.96. The molecule has 1 aliphatic rings. The third-order valence-electron chi connectivity index (χ3n) is 4.82. The van der Waals surface area contributed by atoms with Crippen LogP contribution in [0.15, 0.2) is 54.6 Å². The second-order valence-corrected chi connectivity index (χ2v) is 7.00. The maximum Gasteiger partial charge on any atom is 0.418 e. The molecule has 1 aliphatic heterocycles. The van der Waals surface area contributed by atoms with Gasteiger partial charge < -0.3 is 15.5 Å². The Morgan fingerprint density at radius 1 is 0.900 bits per heavy atom. The smallest absolute Gasteiger partial charge is 0.334 e. The Hall–Kier alpha value is -3.07. The molecule has 1 fully saturated rings. The van der Waals surface area contributed by atoms with E-state index in [1.54, 1.807) is 4.90 Å². The monoisotopic (exact) mass is 420 g/mol. The zero-order chi connectivity index (χ0) is 21.6. The number of hydrogen-bond acceptors (Lipinski definition) is 3. The molecule has 3 rings (SSSR count). The second kappa shape index (κ2) is 9.62. The minimum Gasteiger partial charge on any atom is -0.334 e. The minimum absolute atomic E-state index is 0.0360. The molecule has 2 aromatic carbocycles. The number of nitrogens with one attached hydrogen (secondary N) is 2. The Balaban J connectivity index is 1.44. The van der Waals surface area contributed by atoms with Crippen molar-refractivity contribution < 1.29 is 22.8 Å². The van der Waals surface area contributed by atoms with Crippen molar-refractivity contribution in [2.24, 2.45) is 0 Å². The lowest BCUT2D eigenvalue weighted by Crippen LogP contribution is -2.52. The number of carbonyl (C=O) groups is 2. The van der Waals surface area contributed by atoms with Crippen molar-refractivity contribution in [1.82, 2.24) is 15.1 Å². The summed E-state index contributed by atoms with van der Waals surface area (Å²) in [6, 6.07) is 14.3. The van der Waals surface area contributed by atoms with Crippen molar-refractivity contribution in [3.63, 3.8) is 0 Å². The first-order valence-electron chi connectivity index (χ1n) is 9.58. The number of benzene rings is 2. The highest BCUT2D eigenvalue weighted by molar-refractivity contribution is 5.93. The Morgan fingerprint density at radius 3 is 2.20 bits per heavy atom. The molecule has 0 bridgehead atoms. The average Bonchev–Trinajstić information content (AvgIpc) is 2.73. The standard InChI is InChI=1S/C21H23F3N4O2/c22-21(23,24)17-8-4-5-9-18(17)26-19(29)15-27-10-12-28(13-11-27)20(30)25-14-16-6-2-1-3-7-16/h1-9H,10-15H2,(H,25,30)(H,26,29). The molecule has 2 aromatic rings. The number of nitrogens with zero attached hydrogens (tertiary/aromatic N) is 2. The number of hydrogen-bond donors (Lipinski definition) is 2. The van der Waals surface area contributed by atoms with E-state index in [-0.39, 0.29) is 18.3 Å². The summed E-state index contributed by atoms with van der Waals surface area (Å²) in [6.45, 7) is 2.20. The van der Waals surface area contributed by atoms with Crippen LogP contribution in [-0.4, -0.2) is 54.5 Å². The van der Waals surface area contributed by atoms with E-state index in [1.165, 1.54) is 18.2 Å². The number of amides is 3. The normalized spacial score (nSPS) is 15.0. The third-order valence-corrected chi connectivity index (χ3v) is 4.82. The van der Waals surface area contributed by atoms with Crippen molar-refractivity contribution in [2.75, 3.05) is 38.0 Å². The van der Waals surface area contributed by atoms with Gasteiger partial charge in [0.05, 0.1) is 17.8 Å². The van der Waals surface area contributed by atoms with Gasteiger partial charge in [-0.05, 0) is 17.7 Å². The first-order valence-corrected chi connectivity index (χ1v) is 9.58. The molecule has 0 unspecified atom stereocenters. The number of carbonyl (C=O) groups excluding carboxylic acids is 2. The fourth-order valence-corrected chi connectivity index (χ4v) is 3.23. The Kier molecular flexibility index (Phi) is 6.94. The Bertz CT molecular complexity index is 866. The lowest BCUT2D eigenvalue weighted by Gasteiger charge is -2.34. The number of anilines is 1. The highest BCUT2D eigenvalue weighted by atomic mass is 19.4. The first kappa shape index (κ1) is 21.6. The van der Waals surface area contributed by atoms with Crippen LogP contribution in [0.3, 0.4) is 0 Å². The molecule has 0 spiro atoms. The van der Waals surface area contributed by atoms with Gasteiger partial charge in [0.25, 0.3) is 0 Å². The molecule has 3 amide bonds. The quantitative estimate of drug-likeness (QED) is 0.781. The highest BCUT2D eigenvalue weighted by Crippen LogP contribution is 2.34. The molecule has 0 aromatic heterocycles. The summed E-state index contributed by atoms with van der Waals surface area (Å²) in [5, 5.41) is 5.20. The van der Waals surface area contributed by atoms with E-state index in [0.29, 0.717) is 32.7 Å². The van der Waals surface area contributed by atoms with E-state index in [0.717, 1.165) is 11.6 Å². The van der Waals surface area contributed by atoms with Crippen LogP contribution in [0.1, 0.15) is 11.1 Å². The van der Waals surface area contributed by atoms with Gasteiger partial charge in [0.1, 0.15) is 0 Å². The number of rotatable bonds is 5. The Morgan fingerprint density at radius 2 is 1.53 bits per heavy atom. The van der Waals surface area contributed by atoms with Crippen LogP contribution in [0, 0.1) is 0 Å². The lowest BCUT2D eigenvalue weighted by molar-refractivity contribution is -0.137. The maximum atomic E-state index is 13.0. The molecule has 160 valence electrons. The highest BCUT2D eigenvalue weighted by Gasteiger charge is 2.33. The predicted octanol–water partition coefficient (Wildman–Crippen LogP) is 3.17. The van der Waals surface area contributed by atoms with Gasteiger partial charge >= 0.3 is 12.2 Å². The summed E-state index contributed by atoms with van der Waals surface area (Å²) in [7, 11) is 0. The van der Waals surface area contributed by atoms with Gasteiger partial charge in [0.2, 0.25) is 5.91 Å². The largest absolute Gasteiger partial charge is 0.418 e. The maximum absolute atomic E-state index is 13.0. The summed E-state index contributed by atoms with van der Waals surface area (Å²) in [6.07, 6.45) is -4.54. The molecule has 0 saturated carbocycles. The molecule has 2 N–H and O–H groups in total. The van der Waals surface area contributed by atoms with Gasteiger partial charge in [-0.3, -0.25) is 9.69 Å². The van der Waals surface area contributed by atoms with Crippen LogP contribution in [0.25, 0.3) is 0 Å². The molecule has 6 nitrogen and oxygen atoms in total. The second-order valence-electron chi connectivity index (χ2n) is 7.00.